The molecule has 0 bridgehead atoms. The van der Waals surface area contributed by atoms with Crippen LogP contribution in [-0.2, 0) is 59.2 Å². The first-order valence-corrected chi connectivity index (χ1v) is 32.9. The summed E-state index contributed by atoms with van der Waals surface area (Å²) in [6.45, 7) is 19.7. The molecular formula is C68H107N11O14. The number of methoxy groups -OCH3 is 2. The Morgan fingerprint density at radius 2 is 1.41 bits per heavy atom. The Labute approximate surface area is 550 Å². The van der Waals surface area contributed by atoms with Crippen molar-refractivity contribution in [2.24, 2.45) is 35.3 Å². The Balaban J connectivity index is 1.37. The Morgan fingerprint density at radius 1 is 0.742 bits per heavy atom. The number of nitrogens with two attached hydrogens (primary N) is 1. The van der Waals surface area contributed by atoms with Crippen molar-refractivity contribution in [1.29, 1.82) is 0 Å². The minimum Gasteiger partial charge on any atom is -0.445 e. The van der Waals surface area contributed by atoms with Gasteiger partial charge in [-0.15, -0.1) is 0 Å². The molecule has 2 aromatic rings. The van der Waals surface area contributed by atoms with Gasteiger partial charge in [0.1, 0.15) is 30.8 Å². The highest BCUT2D eigenvalue weighted by Crippen LogP contribution is 2.31. The predicted molar refractivity (Wildman–Crippen MR) is 353 cm³/mol. The van der Waals surface area contributed by atoms with Gasteiger partial charge in [-0.2, -0.15) is 0 Å². The van der Waals surface area contributed by atoms with E-state index in [1.165, 1.54) is 26.2 Å². The molecular weight excluding hydrogens is 1190 g/mol. The van der Waals surface area contributed by atoms with E-state index in [2.05, 4.69) is 31.9 Å². The second-order valence-corrected chi connectivity index (χ2v) is 25.8. The number of unbranched alkanes of at least 4 members (excludes halogenated alkanes) is 2. The van der Waals surface area contributed by atoms with Crippen LogP contribution in [0.15, 0.2) is 66.7 Å². The fourth-order valence-electron chi connectivity index (χ4n) is 12.1. The first-order chi connectivity index (χ1) is 44.1. The molecule has 2 aliphatic heterocycles. The van der Waals surface area contributed by atoms with E-state index < -0.39 is 114 Å². The summed E-state index contributed by atoms with van der Waals surface area (Å²) in [4.78, 5) is 141. The summed E-state index contributed by atoms with van der Waals surface area (Å²) in [6.07, 6.45) is 4.56. The van der Waals surface area contributed by atoms with Crippen LogP contribution < -0.4 is 37.6 Å². The molecule has 0 spiro atoms. The molecule has 4 rings (SSSR count). The molecule has 518 valence electrons. The maximum atomic E-state index is 14.8. The molecule has 93 heavy (non-hydrogen) atoms. The minimum atomic E-state index is -1.08. The van der Waals surface area contributed by atoms with E-state index in [-0.39, 0.29) is 74.3 Å². The van der Waals surface area contributed by atoms with Gasteiger partial charge in [0.2, 0.25) is 47.3 Å². The van der Waals surface area contributed by atoms with E-state index in [0.717, 1.165) is 6.42 Å². The zero-order chi connectivity index (χ0) is 69.2. The predicted octanol–water partition coefficient (Wildman–Crippen LogP) is 5.55. The number of nitrogens with one attached hydrogen (secondary N) is 6. The number of nitrogens with zero attached hydrogens (tertiary/aromatic N) is 4. The summed E-state index contributed by atoms with van der Waals surface area (Å²) in [5.74, 6) is -5.07. The van der Waals surface area contributed by atoms with Gasteiger partial charge in [0.25, 0.3) is 0 Å². The highest BCUT2D eigenvalue weighted by atomic mass is 16.6. The van der Waals surface area contributed by atoms with Gasteiger partial charge in [0, 0.05) is 72.7 Å². The number of ether oxygens (including phenoxy) is 3. The van der Waals surface area contributed by atoms with Crippen molar-refractivity contribution in [3.8, 4) is 0 Å². The first-order valence-electron chi connectivity index (χ1n) is 32.9. The van der Waals surface area contributed by atoms with Gasteiger partial charge in [-0.25, -0.2) is 9.59 Å². The van der Waals surface area contributed by atoms with Crippen LogP contribution in [0.5, 0.6) is 0 Å². The van der Waals surface area contributed by atoms with E-state index in [4.69, 9.17) is 19.9 Å². The molecule has 1 saturated heterocycles. The molecule has 0 aromatic heterocycles. The molecule has 9 N–H and O–H groups in total. The van der Waals surface area contributed by atoms with Crippen LogP contribution in [0.4, 0.5) is 15.3 Å². The number of hydrogen-bond acceptors (Lipinski definition) is 14. The van der Waals surface area contributed by atoms with Crippen molar-refractivity contribution in [2.75, 3.05) is 59.8 Å². The van der Waals surface area contributed by atoms with Crippen LogP contribution in [0, 0.1) is 29.6 Å². The highest BCUT2D eigenvalue weighted by Gasteiger charge is 2.44. The normalized spacial score (nSPS) is 17.4. The number of urea groups is 1. The van der Waals surface area contributed by atoms with Crippen molar-refractivity contribution in [3.63, 3.8) is 0 Å². The number of primary amides is 1. The van der Waals surface area contributed by atoms with Crippen LogP contribution in [0.3, 0.4) is 0 Å². The van der Waals surface area contributed by atoms with Gasteiger partial charge < -0.3 is 71.7 Å². The zero-order valence-electron chi connectivity index (χ0n) is 57.2. The third kappa shape index (κ3) is 23.4. The third-order valence-electron chi connectivity index (χ3n) is 17.8. The third-order valence-corrected chi connectivity index (χ3v) is 17.8. The zero-order valence-corrected chi connectivity index (χ0v) is 57.2. The van der Waals surface area contributed by atoms with Gasteiger partial charge in [0.15, 0.2) is 0 Å². The molecule has 25 heteroatoms. The van der Waals surface area contributed by atoms with Gasteiger partial charge in [-0.3, -0.25) is 43.3 Å². The summed E-state index contributed by atoms with van der Waals surface area (Å²) < 4.78 is 17.8. The smallest absolute Gasteiger partial charge is 0.410 e. The lowest BCUT2D eigenvalue weighted by Gasteiger charge is -2.41. The first kappa shape index (κ1) is 77.8. The lowest BCUT2D eigenvalue weighted by atomic mass is 9.89. The lowest BCUT2D eigenvalue weighted by Crippen LogP contribution is -2.60. The number of amides is 11. The lowest BCUT2D eigenvalue weighted by molar-refractivity contribution is -0.148. The number of hydrogen-bond donors (Lipinski definition) is 8. The summed E-state index contributed by atoms with van der Waals surface area (Å²) >= 11 is 0. The van der Waals surface area contributed by atoms with Crippen molar-refractivity contribution >= 4 is 65.1 Å². The van der Waals surface area contributed by atoms with Gasteiger partial charge in [-0.1, -0.05) is 124 Å². The molecule has 25 nitrogen and oxygen atoms in total. The van der Waals surface area contributed by atoms with E-state index in [9.17, 15) is 53.1 Å². The number of likely N-dealkylation sites (N-methyl/N-ethyl adjacent to an activating group) is 2. The quantitative estimate of drug-likeness (QED) is 0.0383. The van der Waals surface area contributed by atoms with Crippen LogP contribution >= 0.6 is 0 Å². The molecule has 0 aliphatic carbocycles. The van der Waals surface area contributed by atoms with E-state index in [0.29, 0.717) is 68.6 Å². The SMILES string of the molecule is CC[C@H](C)[C@@H]([C@@H](CC(=O)N1CCC[C@H]1[C@H](OC)[C@@H](C)C(=O)N[C@H](C)[C@@H](O)c1ccccc1)OC)N(C)C(=O)[C@@H](NC(=O)[C@H](C(C)C)N(C)C(=O)OCc1ccc(NC(=O)[C@H](CCCNC(N)=O)NC(=O)[C@@H](NC(=O)CCCCCN2CC=CC2=O)C(C)C)cc1)C(C)C. The monoisotopic (exact) mass is 1300 g/mol. The van der Waals surface area contributed by atoms with E-state index in [1.54, 1.807) is 120 Å². The molecule has 0 radical (unpaired) electrons. The van der Waals surface area contributed by atoms with Gasteiger partial charge in [0.05, 0.1) is 48.8 Å². The fourth-order valence-corrected chi connectivity index (χ4v) is 12.1. The molecule has 2 aliphatic rings. The number of benzene rings is 2. The minimum absolute atomic E-state index is 0.0225. The summed E-state index contributed by atoms with van der Waals surface area (Å²) in [7, 11) is 6.10. The van der Waals surface area contributed by atoms with Crippen LogP contribution in [0.25, 0.3) is 0 Å². The fraction of sp³-hybridized carbons (Fsp3) is 0.647. The molecule has 1 fully saturated rings. The number of aliphatic hydroxyl groups excluding tert-OH is 1. The molecule has 12 atom stereocenters. The maximum Gasteiger partial charge on any atom is 0.410 e. The molecule has 11 amide bonds. The summed E-state index contributed by atoms with van der Waals surface area (Å²) in [5.41, 5.74) is 6.81. The van der Waals surface area contributed by atoms with Crippen molar-refractivity contribution in [3.05, 3.63) is 77.9 Å². The van der Waals surface area contributed by atoms with Crippen molar-refractivity contribution < 1.29 is 67.3 Å². The number of carbonyl (C=O) groups excluding carboxylic acids is 10. The van der Waals surface area contributed by atoms with Crippen LogP contribution in [0.2, 0.25) is 0 Å². The molecule has 0 saturated carbocycles. The second-order valence-electron chi connectivity index (χ2n) is 25.8. The van der Waals surface area contributed by atoms with Crippen molar-refractivity contribution in [1.82, 2.24) is 46.2 Å². The average molecular weight is 1300 g/mol. The standard InChI is InChI=1S/C68H107N11O14/c1-15-44(8)59(52(91-13)39-55(82)79-38-23-28-51(79)61(92-14)45(9)62(84)71-46(10)60(83)48-25-18-16-19-26-48)76(11)66(88)57(42(4)5)75-65(87)58(43(6)7)77(12)68(90)93-40-47-31-33-49(34-32-47)72-63(85)50(27-22-35-70-67(69)89)73-64(86)56(41(2)3)74-53(80)29-20-17-21-36-78-37-24-30-54(78)81/h16,18-19,24-26,30-34,41-46,50-52,56-61,83H,15,17,20-23,27-29,35-40H2,1-14H3,(H,71,84)(H,72,85)(H,73,86)(H,74,80)(H,75,87)(H3,69,70,89)/t44-,45+,46+,50-,51-,52+,56-,57-,58-,59-,60+,61+/m0/s1. The molecule has 2 aromatic carbocycles. The number of anilines is 1. The van der Waals surface area contributed by atoms with Gasteiger partial charge >= 0.3 is 12.1 Å². The Morgan fingerprint density at radius 3 is 1.99 bits per heavy atom. The number of likely N-dealkylation sites (tertiary alicyclic amines) is 1. The summed E-state index contributed by atoms with van der Waals surface area (Å²) in [6, 6.07) is 8.94. The number of aliphatic hydroxyl groups is 1. The van der Waals surface area contributed by atoms with Crippen molar-refractivity contribution in [2.45, 2.75) is 201 Å². The second kappa shape index (κ2) is 38.5. The summed E-state index contributed by atoms with van der Waals surface area (Å²) in [5, 5.41) is 27.7. The van der Waals surface area contributed by atoms with Gasteiger partial charge in [-0.05, 0) is 92.4 Å². The largest absolute Gasteiger partial charge is 0.445 e. The number of rotatable bonds is 38. The van der Waals surface area contributed by atoms with Crippen LogP contribution in [0.1, 0.15) is 151 Å². The topological polar surface area (TPSA) is 330 Å². The Bertz CT molecular complexity index is 2800. The Kier molecular flexibility index (Phi) is 32.2. The van der Waals surface area contributed by atoms with E-state index >= 15 is 0 Å². The average Bonchev–Trinajstić information content (AvgIpc) is 1.83. The Hall–Kier alpha value is -7.64. The van der Waals surface area contributed by atoms with Crippen LogP contribution in [-0.4, -0.2) is 193 Å². The molecule has 2 heterocycles. The number of carbonyl (C=O) groups is 10. The highest BCUT2D eigenvalue weighted by molar-refractivity contribution is 5.98. The maximum absolute atomic E-state index is 14.8. The molecule has 0 unspecified atom stereocenters. The van der Waals surface area contributed by atoms with E-state index in [1.807, 2.05) is 38.1 Å².